The summed E-state index contributed by atoms with van der Waals surface area (Å²) in [6.07, 6.45) is 16.2. The molecule has 1 aromatic carbocycles. The highest BCUT2D eigenvalue weighted by Crippen LogP contribution is 2.34. The fourth-order valence-corrected chi connectivity index (χ4v) is 5.76. The van der Waals surface area contributed by atoms with Crippen molar-refractivity contribution in [2.75, 3.05) is 12.4 Å². The Labute approximate surface area is 272 Å². The van der Waals surface area contributed by atoms with Crippen molar-refractivity contribution in [3.05, 3.63) is 65.8 Å². The molecule has 10 nitrogen and oxygen atoms in total. The summed E-state index contributed by atoms with van der Waals surface area (Å²) in [7, 11) is 1.49. The van der Waals surface area contributed by atoms with E-state index in [4.69, 9.17) is 9.47 Å². The molecule has 0 aromatic heterocycles. The van der Waals surface area contributed by atoms with Crippen molar-refractivity contribution in [3.63, 3.8) is 0 Å². The van der Waals surface area contributed by atoms with Gasteiger partial charge in [-0.05, 0) is 56.7 Å². The molecule has 2 bridgehead atoms. The Morgan fingerprint density at radius 2 is 1.78 bits per heavy atom. The van der Waals surface area contributed by atoms with Gasteiger partial charge < -0.3 is 35.4 Å². The molecule has 0 radical (unpaired) electrons. The number of methoxy groups -OCH3 is 1. The summed E-state index contributed by atoms with van der Waals surface area (Å²) in [5.74, 6) is -1.90. The molecular weight excluding hydrogens is 588 g/mol. The zero-order valence-electron chi connectivity index (χ0n) is 27.4. The number of esters is 1. The van der Waals surface area contributed by atoms with Crippen molar-refractivity contribution in [2.45, 2.75) is 103 Å². The molecule has 5 N–H and O–H groups in total. The van der Waals surface area contributed by atoms with E-state index < -0.39 is 42.1 Å². The number of aliphatic hydroxyl groups excluding tert-OH is 1. The number of rotatable bonds is 5. The second-order valence-electron chi connectivity index (χ2n) is 12.3. The maximum absolute atomic E-state index is 13.1. The van der Waals surface area contributed by atoms with Crippen LogP contribution in [0.15, 0.2) is 60.2 Å². The van der Waals surface area contributed by atoms with Gasteiger partial charge >= 0.3 is 5.97 Å². The van der Waals surface area contributed by atoms with Crippen LogP contribution in [-0.4, -0.2) is 64.6 Å². The highest BCUT2D eigenvalue weighted by Gasteiger charge is 2.31. The number of phenolic OH excluding ortho intramolecular Hbond substituents is 2. The first-order valence-electron chi connectivity index (χ1n) is 16.2. The lowest BCUT2D eigenvalue weighted by molar-refractivity contribution is -0.156. The summed E-state index contributed by atoms with van der Waals surface area (Å²) < 4.78 is 11.3. The number of ether oxygens (including phenoxy) is 2. The predicted molar refractivity (Wildman–Crippen MR) is 177 cm³/mol. The van der Waals surface area contributed by atoms with E-state index in [2.05, 4.69) is 10.6 Å². The van der Waals surface area contributed by atoms with Gasteiger partial charge in [0, 0.05) is 31.4 Å². The minimum atomic E-state index is -0.940. The molecule has 3 rings (SSSR count). The number of hydrogen-bond acceptors (Lipinski definition) is 8. The quantitative estimate of drug-likeness (QED) is 0.125. The third-order valence-corrected chi connectivity index (χ3v) is 8.69. The smallest absolute Gasteiger partial charge is 0.328 e. The number of anilines is 1. The summed E-state index contributed by atoms with van der Waals surface area (Å²) in [5.41, 5.74) is 1.19. The Morgan fingerprint density at radius 3 is 2.50 bits per heavy atom. The van der Waals surface area contributed by atoms with E-state index in [1.54, 1.807) is 44.2 Å². The standard InChI is InChI=1S/C36H50N2O8/c1-23-14-13-17-27-20-28(39)21-30(34(27)42)38-32(40)22-29(45-4)18-11-6-5-7-12-19-31(24(2)33(23)41)46-36(44)25(3)37-35(43)26-15-9-8-10-16-26/h5-7,11-12,14,18,20-21,24-26,29,31,33,39,41-42H,8-10,13,15-17,19,22H2,1-4H3,(H,37,43)(H,38,40)/t24-,25+,29+,31-,33-/m1/s1. The van der Waals surface area contributed by atoms with Gasteiger partial charge in [-0.2, -0.15) is 0 Å². The molecule has 1 aliphatic heterocycles. The summed E-state index contributed by atoms with van der Waals surface area (Å²) in [5, 5.41) is 37.8. The number of carbonyl (C=O) groups is 3. The van der Waals surface area contributed by atoms with E-state index in [0.717, 1.165) is 32.1 Å². The lowest BCUT2D eigenvalue weighted by Gasteiger charge is -2.29. The number of amides is 2. The Morgan fingerprint density at radius 1 is 1.07 bits per heavy atom. The van der Waals surface area contributed by atoms with Crippen LogP contribution in [0.2, 0.25) is 0 Å². The molecule has 1 heterocycles. The van der Waals surface area contributed by atoms with Crippen LogP contribution in [0.3, 0.4) is 0 Å². The number of carbonyl (C=O) groups excluding carboxylic acids is 3. The molecule has 1 aliphatic carbocycles. The molecule has 10 heteroatoms. The molecule has 252 valence electrons. The molecule has 5 atom stereocenters. The summed E-state index contributed by atoms with van der Waals surface area (Å²) in [4.78, 5) is 38.6. The Balaban J connectivity index is 1.82. The van der Waals surface area contributed by atoms with Crippen LogP contribution in [0.4, 0.5) is 5.69 Å². The number of fused-ring (bicyclic) bond motifs is 2. The molecular formula is C36H50N2O8. The van der Waals surface area contributed by atoms with Crippen LogP contribution in [0.1, 0.15) is 77.7 Å². The average molecular weight is 639 g/mol. The summed E-state index contributed by atoms with van der Waals surface area (Å²) >= 11 is 0. The van der Waals surface area contributed by atoms with Crippen LogP contribution < -0.4 is 10.6 Å². The lowest BCUT2D eigenvalue weighted by atomic mass is 9.88. The van der Waals surface area contributed by atoms with Crippen LogP contribution in [0, 0.1) is 11.8 Å². The van der Waals surface area contributed by atoms with E-state index in [1.165, 1.54) is 19.2 Å². The van der Waals surface area contributed by atoms with Gasteiger partial charge in [-0.15, -0.1) is 0 Å². The van der Waals surface area contributed by atoms with E-state index in [9.17, 15) is 29.7 Å². The van der Waals surface area contributed by atoms with E-state index >= 15 is 0 Å². The second-order valence-corrected chi connectivity index (χ2v) is 12.3. The normalized spacial score (nSPS) is 24.6. The van der Waals surface area contributed by atoms with E-state index in [0.29, 0.717) is 30.4 Å². The molecule has 1 saturated carbocycles. The summed E-state index contributed by atoms with van der Waals surface area (Å²) in [6, 6.07) is 1.89. The largest absolute Gasteiger partial charge is 0.508 e. The van der Waals surface area contributed by atoms with Crippen LogP contribution in [-0.2, 0) is 30.3 Å². The first-order valence-corrected chi connectivity index (χ1v) is 16.2. The minimum absolute atomic E-state index is 0.00853. The maximum Gasteiger partial charge on any atom is 0.328 e. The Kier molecular flexibility index (Phi) is 14.6. The monoisotopic (exact) mass is 638 g/mol. The second kappa shape index (κ2) is 18.3. The average Bonchev–Trinajstić information content (AvgIpc) is 3.04. The number of aliphatic hydroxyl groups is 1. The molecule has 46 heavy (non-hydrogen) atoms. The predicted octanol–water partition coefficient (Wildman–Crippen LogP) is 5.39. The number of phenols is 2. The van der Waals surface area contributed by atoms with Gasteiger partial charge in [-0.3, -0.25) is 9.59 Å². The maximum atomic E-state index is 13.1. The van der Waals surface area contributed by atoms with Gasteiger partial charge in [-0.1, -0.05) is 68.7 Å². The fourth-order valence-electron chi connectivity index (χ4n) is 5.76. The molecule has 0 saturated heterocycles. The van der Waals surface area contributed by atoms with Crippen molar-refractivity contribution in [2.24, 2.45) is 11.8 Å². The minimum Gasteiger partial charge on any atom is -0.508 e. The van der Waals surface area contributed by atoms with Gasteiger partial charge in [0.05, 0.1) is 24.3 Å². The zero-order valence-corrected chi connectivity index (χ0v) is 27.4. The van der Waals surface area contributed by atoms with Crippen molar-refractivity contribution < 1.29 is 39.2 Å². The third kappa shape index (κ3) is 11.2. The van der Waals surface area contributed by atoms with Crippen LogP contribution >= 0.6 is 0 Å². The fraction of sp³-hybridized carbons (Fsp3) is 0.528. The van der Waals surface area contributed by atoms with Crippen molar-refractivity contribution in [1.82, 2.24) is 5.32 Å². The Hall–Kier alpha value is -3.89. The van der Waals surface area contributed by atoms with Crippen molar-refractivity contribution in [1.29, 1.82) is 0 Å². The summed E-state index contributed by atoms with van der Waals surface area (Å²) in [6.45, 7) is 5.22. The van der Waals surface area contributed by atoms with E-state index in [1.807, 2.05) is 19.1 Å². The number of nitrogens with one attached hydrogen (secondary N) is 2. The number of hydrogen-bond donors (Lipinski definition) is 5. The molecule has 0 unspecified atom stereocenters. The molecule has 2 amide bonds. The molecule has 0 spiro atoms. The number of aryl methyl sites for hydroxylation is 1. The Bertz CT molecular complexity index is 1310. The van der Waals surface area contributed by atoms with Crippen molar-refractivity contribution in [3.8, 4) is 11.5 Å². The van der Waals surface area contributed by atoms with Crippen LogP contribution in [0.25, 0.3) is 0 Å². The van der Waals surface area contributed by atoms with Gasteiger partial charge in [0.2, 0.25) is 11.8 Å². The zero-order chi connectivity index (χ0) is 33.6. The van der Waals surface area contributed by atoms with E-state index in [-0.39, 0.29) is 35.4 Å². The first kappa shape index (κ1) is 36.6. The first-order chi connectivity index (χ1) is 22.0. The van der Waals surface area contributed by atoms with Crippen LogP contribution in [0.5, 0.6) is 11.5 Å². The van der Waals surface area contributed by atoms with Crippen molar-refractivity contribution >= 4 is 23.5 Å². The topological polar surface area (TPSA) is 154 Å². The highest BCUT2D eigenvalue weighted by molar-refractivity contribution is 5.93. The SMILES string of the molecule is CO[C@H]1C=CC=CC=CC[C@@H](OC(=O)[C@H](C)NC(=O)C2CCCCC2)[C@@H](C)[C@H](O)C(C)=CCCc2cc(O)cc(c2O)NC(=O)C1. The molecule has 1 aromatic rings. The van der Waals surface area contributed by atoms with Gasteiger partial charge in [0.15, 0.2) is 0 Å². The lowest BCUT2D eigenvalue weighted by Crippen LogP contribution is -2.45. The molecule has 2 aliphatic rings. The highest BCUT2D eigenvalue weighted by atomic mass is 16.5. The number of allylic oxidation sites excluding steroid dienone is 5. The third-order valence-electron chi connectivity index (χ3n) is 8.69. The van der Waals surface area contributed by atoms with Gasteiger partial charge in [0.1, 0.15) is 23.6 Å². The van der Waals surface area contributed by atoms with Gasteiger partial charge in [-0.25, -0.2) is 4.79 Å². The number of aromatic hydroxyl groups is 2. The molecule has 1 fully saturated rings. The number of benzene rings is 1. The van der Waals surface area contributed by atoms with Gasteiger partial charge in [0.25, 0.3) is 0 Å².